The van der Waals surface area contributed by atoms with Gasteiger partial charge in [-0.15, -0.1) is 11.8 Å². The summed E-state index contributed by atoms with van der Waals surface area (Å²) in [6.45, 7) is 8.03. The highest BCUT2D eigenvalue weighted by Gasteiger charge is 2.28. The highest BCUT2D eigenvalue weighted by atomic mass is 79.9. The molecule has 2 aromatic carbocycles. The average molecular weight is 477 g/mol. The van der Waals surface area contributed by atoms with Crippen molar-refractivity contribution in [2.45, 2.75) is 51.6 Å². The molecule has 0 heterocycles. The van der Waals surface area contributed by atoms with Crippen LogP contribution in [-0.2, 0) is 21.9 Å². The van der Waals surface area contributed by atoms with E-state index in [4.69, 9.17) is 0 Å². The predicted octanol–water partition coefficient (Wildman–Crippen LogP) is 5.01. The maximum absolute atomic E-state index is 13.0. The van der Waals surface area contributed by atoms with Gasteiger partial charge in [-0.3, -0.25) is 9.59 Å². The van der Waals surface area contributed by atoms with Gasteiger partial charge in [-0.2, -0.15) is 0 Å². The van der Waals surface area contributed by atoms with Gasteiger partial charge in [0.25, 0.3) is 0 Å². The predicted molar refractivity (Wildman–Crippen MR) is 125 cm³/mol. The van der Waals surface area contributed by atoms with Crippen LogP contribution in [0.3, 0.4) is 0 Å². The van der Waals surface area contributed by atoms with Crippen LogP contribution in [0.4, 0.5) is 0 Å². The van der Waals surface area contributed by atoms with E-state index in [2.05, 4.69) is 21.2 Å². The second-order valence-electron chi connectivity index (χ2n) is 8.04. The molecule has 2 aromatic rings. The summed E-state index contributed by atoms with van der Waals surface area (Å²) in [6, 6.07) is 17.3. The molecule has 0 saturated heterocycles. The molecule has 29 heavy (non-hydrogen) atoms. The average Bonchev–Trinajstić information content (AvgIpc) is 2.66. The summed E-state index contributed by atoms with van der Waals surface area (Å²) in [6.07, 6.45) is 0. The molecule has 0 aliphatic carbocycles. The van der Waals surface area contributed by atoms with Gasteiger partial charge in [0.15, 0.2) is 0 Å². The van der Waals surface area contributed by atoms with Crippen LogP contribution in [0.15, 0.2) is 59.1 Å². The summed E-state index contributed by atoms with van der Waals surface area (Å²) in [7, 11) is 0. The highest BCUT2D eigenvalue weighted by Crippen LogP contribution is 2.18. The zero-order valence-electron chi connectivity index (χ0n) is 17.4. The van der Waals surface area contributed by atoms with Crippen LogP contribution >= 0.6 is 27.7 Å². The van der Waals surface area contributed by atoms with Gasteiger partial charge in [-0.25, -0.2) is 0 Å². The van der Waals surface area contributed by atoms with E-state index in [1.807, 2.05) is 75.4 Å². The van der Waals surface area contributed by atoms with E-state index >= 15 is 0 Å². The van der Waals surface area contributed by atoms with Gasteiger partial charge in [0.2, 0.25) is 11.8 Å². The highest BCUT2D eigenvalue weighted by molar-refractivity contribution is 9.10. The number of rotatable bonds is 8. The first kappa shape index (κ1) is 23.5. The fourth-order valence-electron chi connectivity index (χ4n) is 2.76. The number of nitrogens with one attached hydrogen (secondary N) is 1. The molecule has 4 nitrogen and oxygen atoms in total. The van der Waals surface area contributed by atoms with Crippen LogP contribution in [0.5, 0.6) is 0 Å². The molecular formula is C23H29BrN2O2S. The Balaban J connectivity index is 2.05. The number of amides is 2. The maximum atomic E-state index is 13.0. The Labute approximate surface area is 186 Å². The molecule has 0 radical (unpaired) electrons. The normalized spacial score (nSPS) is 12.3. The zero-order chi connectivity index (χ0) is 21.4. The van der Waals surface area contributed by atoms with E-state index in [1.165, 1.54) is 5.56 Å². The van der Waals surface area contributed by atoms with E-state index in [-0.39, 0.29) is 17.4 Å². The Bertz CT molecular complexity index is 804. The Morgan fingerprint density at radius 3 is 2.24 bits per heavy atom. The molecule has 0 aliphatic rings. The van der Waals surface area contributed by atoms with Gasteiger partial charge in [-0.1, -0.05) is 58.4 Å². The van der Waals surface area contributed by atoms with Crippen molar-refractivity contribution in [2.75, 3.05) is 5.75 Å². The number of hydrogen-bond acceptors (Lipinski definition) is 3. The van der Waals surface area contributed by atoms with Crippen LogP contribution in [-0.4, -0.2) is 34.0 Å². The van der Waals surface area contributed by atoms with Crippen molar-refractivity contribution in [1.82, 2.24) is 10.2 Å². The largest absolute Gasteiger partial charge is 0.350 e. The number of nitrogens with zero attached hydrogens (tertiary/aromatic N) is 1. The van der Waals surface area contributed by atoms with Crippen molar-refractivity contribution in [1.29, 1.82) is 0 Å². The number of carbonyl (C=O) groups excluding carboxylic acids is 2. The Kier molecular flexibility index (Phi) is 8.78. The minimum absolute atomic E-state index is 0.0347. The topological polar surface area (TPSA) is 49.4 Å². The quantitative estimate of drug-likeness (QED) is 0.581. The van der Waals surface area contributed by atoms with Crippen LogP contribution in [0.25, 0.3) is 0 Å². The molecule has 0 aliphatic heterocycles. The van der Waals surface area contributed by atoms with Gasteiger partial charge < -0.3 is 10.2 Å². The summed E-state index contributed by atoms with van der Waals surface area (Å²) in [5, 5.41) is 2.98. The first-order chi connectivity index (χ1) is 13.7. The van der Waals surface area contributed by atoms with Crippen molar-refractivity contribution < 1.29 is 9.59 Å². The maximum Gasteiger partial charge on any atom is 0.242 e. The molecule has 0 aromatic heterocycles. The summed E-state index contributed by atoms with van der Waals surface area (Å²) >= 11 is 5.00. The second kappa shape index (κ2) is 10.8. The SMILES string of the molecule is C[C@@H](C(=O)NC(C)(C)C)N(Cc1ccccc1)C(=O)CSCc1ccc(Br)cc1. The van der Waals surface area contributed by atoms with Crippen LogP contribution in [0.2, 0.25) is 0 Å². The lowest BCUT2D eigenvalue weighted by molar-refractivity contribution is -0.139. The third kappa shape index (κ3) is 8.23. The van der Waals surface area contributed by atoms with Gasteiger partial charge in [-0.05, 0) is 51.0 Å². The lowest BCUT2D eigenvalue weighted by Crippen LogP contribution is -2.52. The minimum atomic E-state index is -0.546. The van der Waals surface area contributed by atoms with Crippen LogP contribution < -0.4 is 5.32 Å². The van der Waals surface area contributed by atoms with E-state index < -0.39 is 6.04 Å². The lowest BCUT2D eigenvalue weighted by Gasteiger charge is -2.31. The van der Waals surface area contributed by atoms with Gasteiger partial charge in [0, 0.05) is 22.3 Å². The molecule has 0 spiro atoms. The fraction of sp³-hybridized carbons (Fsp3) is 0.391. The summed E-state index contributed by atoms with van der Waals surface area (Å²) in [4.78, 5) is 27.4. The Morgan fingerprint density at radius 1 is 1.03 bits per heavy atom. The van der Waals surface area contributed by atoms with Crippen molar-refractivity contribution in [3.05, 3.63) is 70.2 Å². The Hall–Kier alpha value is -1.79. The molecule has 1 N–H and O–H groups in total. The molecule has 156 valence electrons. The lowest BCUT2D eigenvalue weighted by atomic mass is 10.1. The van der Waals surface area contributed by atoms with Crippen molar-refractivity contribution in [3.8, 4) is 0 Å². The van der Waals surface area contributed by atoms with Crippen LogP contribution in [0, 0.1) is 0 Å². The molecule has 2 rings (SSSR count). The van der Waals surface area contributed by atoms with Crippen molar-refractivity contribution >= 4 is 39.5 Å². The molecule has 0 unspecified atom stereocenters. The first-order valence-electron chi connectivity index (χ1n) is 9.63. The minimum Gasteiger partial charge on any atom is -0.350 e. The van der Waals surface area contributed by atoms with Gasteiger partial charge in [0.1, 0.15) is 6.04 Å². The van der Waals surface area contributed by atoms with Crippen molar-refractivity contribution in [2.24, 2.45) is 0 Å². The number of carbonyl (C=O) groups is 2. The smallest absolute Gasteiger partial charge is 0.242 e. The molecule has 0 bridgehead atoms. The summed E-state index contributed by atoms with van der Waals surface area (Å²) < 4.78 is 1.04. The Morgan fingerprint density at radius 2 is 1.66 bits per heavy atom. The summed E-state index contributed by atoms with van der Waals surface area (Å²) in [5.74, 6) is 0.906. The summed E-state index contributed by atoms with van der Waals surface area (Å²) in [5.41, 5.74) is 1.83. The molecule has 0 fully saturated rings. The molecule has 2 amide bonds. The monoisotopic (exact) mass is 476 g/mol. The molecule has 1 atom stereocenters. The fourth-order valence-corrected chi connectivity index (χ4v) is 3.89. The molecule has 0 saturated carbocycles. The molecular weight excluding hydrogens is 448 g/mol. The number of benzene rings is 2. The zero-order valence-corrected chi connectivity index (χ0v) is 19.8. The number of halogens is 1. The number of thioether (sulfide) groups is 1. The van der Waals surface area contributed by atoms with E-state index in [0.717, 1.165) is 15.8 Å². The van der Waals surface area contributed by atoms with Crippen molar-refractivity contribution in [3.63, 3.8) is 0 Å². The second-order valence-corrected chi connectivity index (χ2v) is 9.94. The first-order valence-corrected chi connectivity index (χ1v) is 11.6. The third-order valence-electron chi connectivity index (χ3n) is 4.27. The van der Waals surface area contributed by atoms with Gasteiger partial charge in [0.05, 0.1) is 5.75 Å². The van der Waals surface area contributed by atoms with E-state index in [0.29, 0.717) is 12.3 Å². The number of hydrogen-bond donors (Lipinski definition) is 1. The van der Waals surface area contributed by atoms with E-state index in [1.54, 1.807) is 23.6 Å². The van der Waals surface area contributed by atoms with Gasteiger partial charge >= 0.3 is 0 Å². The standard InChI is InChI=1S/C23H29BrN2O2S/c1-17(22(28)25-23(2,3)4)26(14-18-8-6-5-7-9-18)21(27)16-29-15-19-10-12-20(24)13-11-19/h5-13,17H,14-16H2,1-4H3,(H,25,28)/t17-/m0/s1. The molecule has 6 heteroatoms. The van der Waals surface area contributed by atoms with Crippen LogP contribution in [0.1, 0.15) is 38.8 Å². The van der Waals surface area contributed by atoms with E-state index in [9.17, 15) is 9.59 Å². The third-order valence-corrected chi connectivity index (χ3v) is 5.79.